The number of nitrogens with zero attached hydrogens (tertiary/aromatic N) is 4. The molecule has 0 saturated carbocycles. The lowest BCUT2D eigenvalue weighted by atomic mass is 9.82. The molecular weight excluding hydrogens is 1720 g/mol. The number of unbranched alkanes of at least 4 members (excludes halogenated alkanes) is 38. The number of hydrogen-bond donors (Lipinski definition) is 0. The summed E-state index contributed by atoms with van der Waals surface area (Å²) in [6, 6.07) is 49.6. The number of benzene rings is 13. The highest BCUT2D eigenvalue weighted by molar-refractivity contribution is 6.46. The first kappa shape index (κ1) is 99.7. The number of anilines is 2. The average molecular weight is 1870 g/mol. The Labute approximate surface area is 831 Å². The fourth-order valence-corrected chi connectivity index (χ4v) is 23.8. The van der Waals surface area contributed by atoms with Crippen LogP contribution in [0.5, 0.6) is 0 Å². The third kappa shape index (κ3) is 21.1. The van der Waals surface area contributed by atoms with Crippen molar-refractivity contribution in [3.63, 3.8) is 0 Å². The van der Waals surface area contributed by atoms with Gasteiger partial charge in [-0.3, -0.25) is 48.2 Å². The van der Waals surface area contributed by atoms with Gasteiger partial charge in [0.05, 0.1) is 11.4 Å². The van der Waals surface area contributed by atoms with Crippen molar-refractivity contribution in [2.24, 2.45) is 0 Å². The Hall–Kier alpha value is -11.9. The van der Waals surface area contributed by atoms with Crippen LogP contribution in [0.15, 0.2) is 158 Å². The van der Waals surface area contributed by atoms with Gasteiger partial charge in [-0.25, -0.2) is 9.80 Å². The molecule has 13 aromatic carbocycles. The zero-order chi connectivity index (χ0) is 97.1. The van der Waals surface area contributed by atoms with E-state index in [0.717, 1.165) is 217 Å². The number of amides is 8. The molecule has 4 aliphatic rings. The standard InChI is InChI=1S/C128H146N4O8/c1-7-13-19-25-29-33-37-41-47-57-93(58-48-42-38-34-30-26-20-14-8-2)129-121(133)105-75-67-97-101-71-79-109-119-110(80-72-102(115(101)119)98-68-76-106(122(129)134)117(105)113(97)98)126(138)131(125(109)137)95-61-51-53-87(83-95)63-65-91-85-89(55-45-23-17-11-5)90(56-46-24-18-12-6)86-92(91)66-64-88-54-52-62-96(84-88)132-127(139)111-81-73-103-99-69-77-107-118-108(78-70-100(114(99)118)104-74-82-112(128(132)140)120(111)116(103)104)124(136)130(123(107)135)94(59-49-43-39-35-31-27-21-15-9-3)60-50-44-40-36-32-28-22-16-10-4/h51-54,61-62,67-86,93-94H,7-50,55-60H2,1-6H3. The van der Waals surface area contributed by atoms with E-state index in [1.807, 2.05) is 133 Å². The highest BCUT2D eigenvalue weighted by Crippen LogP contribution is 2.51. The van der Waals surface area contributed by atoms with Crippen molar-refractivity contribution in [2.45, 2.75) is 375 Å². The molecule has 4 aliphatic heterocycles. The van der Waals surface area contributed by atoms with Crippen LogP contribution in [0.1, 0.15) is 466 Å². The van der Waals surface area contributed by atoms with Crippen LogP contribution in [-0.4, -0.2) is 69.1 Å². The van der Waals surface area contributed by atoms with Crippen LogP contribution in [-0.2, 0) is 12.8 Å². The second-order valence-corrected chi connectivity index (χ2v) is 41.3. The van der Waals surface area contributed by atoms with Crippen molar-refractivity contribution >= 4 is 145 Å². The molecule has 0 spiro atoms. The van der Waals surface area contributed by atoms with Gasteiger partial charge in [0, 0.05) is 100 Å². The van der Waals surface area contributed by atoms with Gasteiger partial charge in [0.1, 0.15) is 0 Å². The molecule has 17 rings (SSSR count). The number of fused-ring (bicyclic) bond motifs is 4. The molecule has 726 valence electrons. The fraction of sp³-hybridized carbons (Fsp3) is 0.453. The molecule has 0 atom stereocenters. The lowest BCUT2D eigenvalue weighted by molar-refractivity contribution is 0.0501. The summed E-state index contributed by atoms with van der Waals surface area (Å²) in [6.07, 6.45) is 57.1. The molecule has 0 aliphatic carbocycles. The minimum atomic E-state index is -0.451. The van der Waals surface area contributed by atoms with Crippen LogP contribution in [0.25, 0.3) is 86.2 Å². The van der Waals surface area contributed by atoms with Gasteiger partial charge in [0.2, 0.25) is 0 Å². The third-order valence-corrected chi connectivity index (χ3v) is 31.5. The predicted molar refractivity (Wildman–Crippen MR) is 581 cm³/mol. The molecule has 12 nitrogen and oxygen atoms in total. The Bertz CT molecular complexity index is 6190. The van der Waals surface area contributed by atoms with Gasteiger partial charge in [0.25, 0.3) is 47.3 Å². The lowest BCUT2D eigenvalue weighted by Gasteiger charge is -2.35. The summed E-state index contributed by atoms with van der Waals surface area (Å²) >= 11 is 0. The molecule has 0 saturated heterocycles. The van der Waals surface area contributed by atoms with E-state index in [1.54, 1.807) is 21.9 Å². The van der Waals surface area contributed by atoms with Gasteiger partial charge in [-0.1, -0.05) is 396 Å². The Balaban J connectivity index is 0.632. The highest BCUT2D eigenvalue weighted by atomic mass is 16.2. The SMILES string of the molecule is CCCCCCCCCCCC(CCCCCCCCCCC)N1C(=O)c2ccc3c4ccc5c6c(ccc(c7ccc(c2c37)C1=O)c64)C(=O)N(c1cccc(C#Cc2cc(CCCCCC)c(CCCCCC)cc2C#Cc2cccc(N3C(=O)c4ccc6c7ccc8c9c(ccc(c%10ccc(c4c6%10)C3=O)c97)C(=O)N(C(CCCCCCCCCCC)CCCCCCCCCCC)C8=O)c2)c1)C5=O. The van der Waals surface area contributed by atoms with Gasteiger partial charge in [0.15, 0.2) is 0 Å². The second kappa shape index (κ2) is 47.6. The van der Waals surface area contributed by atoms with Gasteiger partial charge in [-0.15, -0.1) is 0 Å². The molecular formula is C128H146N4O8. The van der Waals surface area contributed by atoms with Crippen LogP contribution < -0.4 is 9.80 Å². The van der Waals surface area contributed by atoms with Crippen LogP contribution in [0.4, 0.5) is 11.4 Å². The Morgan fingerprint density at radius 1 is 0.207 bits per heavy atom. The monoisotopic (exact) mass is 1870 g/mol. The summed E-state index contributed by atoms with van der Waals surface area (Å²) in [4.78, 5) is 128. The molecule has 0 unspecified atom stereocenters. The van der Waals surface area contributed by atoms with Crippen molar-refractivity contribution in [3.05, 3.63) is 236 Å². The van der Waals surface area contributed by atoms with E-state index in [-0.39, 0.29) is 35.7 Å². The first-order valence-corrected chi connectivity index (χ1v) is 55.1. The van der Waals surface area contributed by atoms with Crippen LogP contribution >= 0.6 is 0 Å². The van der Waals surface area contributed by atoms with E-state index in [4.69, 9.17) is 0 Å². The summed E-state index contributed by atoms with van der Waals surface area (Å²) < 4.78 is 0. The first-order chi connectivity index (χ1) is 68.7. The third-order valence-electron chi connectivity index (χ3n) is 31.5. The normalized spacial score (nSPS) is 13.7. The lowest BCUT2D eigenvalue weighted by Crippen LogP contribution is -2.47. The van der Waals surface area contributed by atoms with E-state index in [1.165, 1.54) is 201 Å². The van der Waals surface area contributed by atoms with E-state index in [9.17, 15) is 0 Å². The minimum Gasteiger partial charge on any atom is -0.271 e. The van der Waals surface area contributed by atoms with Gasteiger partial charge in [-0.2, -0.15) is 0 Å². The number of rotatable bonds is 54. The smallest absolute Gasteiger partial charge is 0.265 e. The maximum absolute atomic E-state index is 15.4. The molecule has 0 N–H and O–H groups in total. The van der Waals surface area contributed by atoms with Crippen LogP contribution in [0, 0.1) is 23.7 Å². The molecule has 13 aromatic rings. The van der Waals surface area contributed by atoms with E-state index in [2.05, 4.69) is 77.4 Å². The maximum atomic E-state index is 15.4. The average Bonchev–Trinajstić information content (AvgIpc) is 0.690. The van der Waals surface area contributed by atoms with Crippen LogP contribution in [0.3, 0.4) is 0 Å². The zero-order valence-electron chi connectivity index (χ0n) is 84.6. The maximum Gasteiger partial charge on any atom is 0.265 e. The largest absolute Gasteiger partial charge is 0.271 e. The fourth-order valence-electron chi connectivity index (χ4n) is 23.8. The van der Waals surface area contributed by atoms with Crippen molar-refractivity contribution in [2.75, 3.05) is 9.80 Å². The summed E-state index contributed by atoms with van der Waals surface area (Å²) in [5.41, 5.74) is 9.66. The van der Waals surface area contributed by atoms with E-state index in [0.29, 0.717) is 88.6 Å². The quantitative estimate of drug-likeness (QED) is 0.0120. The predicted octanol–water partition coefficient (Wildman–Crippen LogP) is 34.0. The molecule has 0 radical (unpaired) electrons. The number of aryl methyl sites for hydroxylation is 2. The Kier molecular flexibility index (Phi) is 33.9. The number of carbonyl (C=O) groups is 8. The van der Waals surface area contributed by atoms with Crippen molar-refractivity contribution < 1.29 is 38.4 Å². The molecule has 4 heterocycles. The van der Waals surface area contributed by atoms with Gasteiger partial charge in [-0.05, 0) is 224 Å². The topological polar surface area (TPSA) is 150 Å². The Morgan fingerprint density at radius 3 is 0.643 bits per heavy atom. The molecule has 8 amide bonds. The first-order valence-electron chi connectivity index (χ1n) is 55.1. The zero-order valence-corrected chi connectivity index (χ0v) is 84.6. The summed E-state index contributed by atoms with van der Waals surface area (Å²) in [6.45, 7) is 13.5. The molecule has 140 heavy (non-hydrogen) atoms. The molecule has 0 bridgehead atoms. The highest BCUT2D eigenvalue weighted by Gasteiger charge is 2.43. The molecule has 0 fully saturated rings. The second-order valence-electron chi connectivity index (χ2n) is 41.3. The summed E-state index contributed by atoms with van der Waals surface area (Å²) in [5, 5.41) is 12.6. The van der Waals surface area contributed by atoms with Crippen molar-refractivity contribution in [3.8, 4) is 23.7 Å². The molecule has 12 heteroatoms. The van der Waals surface area contributed by atoms with E-state index >= 15 is 38.4 Å². The number of carbonyl (C=O) groups excluding carboxylic acids is 8. The minimum absolute atomic E-state index is 0.189. The van der Waals surface area contributed by atoms with Crippen molar-refractivity contribution in [1.29, 1.82) is 0 Å². The Morgan fingerprint density at radius 2 is 0.414 bits per heavy atom. The summed E-state index contributed by atoms with van der Waals surface area (Å²) in [5.74, 6) is 11.4. The van der Waals surface area contributed by atoms with Gasteiger partial charge >= 0.3 is 0 Å². The number of hydrogen-bond acceptors (Lipinski definition) is 8. The number of imide groups is 4. The van der Waals surface area contributed by atoms with Gasteiger partial charge < -0.3 is 0 Å². The summed E-state index contributed by atoms with van der Waals surface area (Å²) in [7, 11) is 0. The molecule has 0 aromatic heterocycles. The van der Waals surface area contributed by atoms with Crippen molar-refractivity contribution in [1.82, 2.24) is 9.80 Å². The van der Waals surface area contributed by atoms with E-state index < -0.39 is 23.6 Å². The van der Waals surface area contributed by atoms with Crippen LogP contribution in [0.2, 0.25) is 0 Å².